The number of hydrogen-bond donors (Lipinski definition) is 2. The second kappa shape index (κ2) is 6.09. The van der Waals surface area contributed by atoms with Crippen LogP contribution in [0.15, 0.2) is 22.9 Å². The SMILES string of the molecule is CCCC(N)/C(Cl)=C(C)\C=C/N. The van der Waals surface area contributed by atoms with Gasteiger partial charge in [0.15, 0.2) is 0 Å². The first-order chi connectivity index (χ1) is 5.63. The van der Waals surface area contributed by atoms with Crippen LogP contribution in [-0.2, 0) is 0 Å². The number of nitrogens with two attached hydrogens (primary N) is 2. The molecule has 0 saturated carbocycles. The van der Waals surface area contributed by atoms with E-state index in [1.807, 2.05) is 6.92 Å². The second-order valence-corrected chi connectivity index (χ2v) is 3.19. The Balaban J connectivity index is 4.31. The molecule has 0 aromatic heterocycles. The number of hydrogen-bond acceptors (Lipinski definition) is 2. The van der Waals surface area contributed by atoms with Gasteiger partial charge in [-0.3, -0.25) is 0 Å². The minimum Gasteiger partial charge on any atom is -0.405 e. The summed E-state index contributed by atoms with van der Waals surface area (Å²) in [5.41, 5.74) is 12.0. The molecule has 12 heavy (non-hydrogen) atoms. The minimum absolute atomic E-state index is 0.0483. The molecule has 0 aliphatic heterocycles. The standard InChI is InChI=1S/C9H17ClN2/c1-3-4-8(12)9(10)7(2)5-6-11/h5-6,8H,3-4,11-12H2,1-2H3/b6-5-,9-7+. The van der Waals surface area contributed by atoms with E-state index in [0.29, 0.717) is 5.03 Å². The van der Waals surface area contributed by atoms with Gasteiger partial charge in [0.1, 0.15) is 0 Å². The Hall–Kier alpha value is -0.470. The molecule has 0 radical (unpaired) electrons. The van der Waals surface area contributed by atoms with Gasteiger partial charge in [-0.2, -0.15) is 0 Å². The van der Waals surface area contributed by atoms with Gasteiger partial charge in [0.2, 0.25) is 0 Å². The number of rotatable bonds is 4. The van der Waals surface area contributed by atoms with Gasteiger partial charge in [0.25, 0.3) is 0 Å². The van der Waals surface area contributed by atoms with Crippen molar-refractivity contribution in [3.8, 4) is 0 Å². The third kappa shape index (κ3) is 3.79. The molecule has 0 aliphatic carbocycles. The lowest BCUT2D eigenvalue weighted by Crippen LogP contribution is -2.20. The molecule has 1 atom stereocenters. The number of halogens is 1. The van der Waals surface area contributed by atoms with Gasteiger partial charge < -0.3 is 11.5 Å². The molecule has 2 nitrogen and oxygen atoms in total. The van der Waals surface area contributed by atoms with Crippen molar-refractivity contribution in [1.29, 1.82) is 0 Å². The molecule has 0 spiro atoms. The van der Waals surface area contributed by atoms with Crippen LogP contribution in [0.4, 0.5) is 0 Å². The van der Waals surface area contributed by atoms with Gasteiger partial charge >= 0.3 is 0 Å². The predicted molar refractivity (Wildman–Crippen MR) is 54.8 cm³/mol. The van der Waals surface area contributed by atoms with Crippen molar-refractivity contribution < 1.29 is 0 Å². The van der Waals surface area contributed by atoms with Gasteiger partial charge in [0.05, 0.1) is 0 Å². The Morgan fingerprint density at radius 1 is 1.58 bits per heavy atom. The van der Waals surface area contributed by atoms with E-state index in [2.05, 4.69) is 6.92 Å². The average molecular weight is 189 g/mol. The highest BCUT2D eigenvalue weighted by molar-refractivity contribution is 6.30. The third-order valence-electron chi connectivity index (χ3n) is 1.65. The summed E-state index contributed by atoms with van der Waals surface area (Å²) in [6, 6.07) is -0.0483. The molecular weight excluding hydrogens is 172 g/mol. The molecule has 0 aromatic rings. The van der Waals surface area contributed by atoms with Crippen molar-refractivity contribution in [3.05, 3.63) is 22.9 Å². The normalized spacial score (nSPS) is 16.3. The zero-order valence-corrected chi connectivity index (χ0v) is 8.43. The van der Waals surface area contributed by atoms with E-state index in [1.54, 1.807) is 6.08 Å². The summed E-state index contributed by atoms with van der Waals surface area (Å²) in [6.07, 6.45) is 5.18. The fourth-order valence-corrected chi connectivity index (χ4v) is 1.13. The van der Waals surface area contributed by atoms with E-state index < -0.39 is 0 Å². The Morgan fingerprint density at radius 2 is 2.17 bits per heavy atom. The van der Waals surface area contributed by atoms with E-state index in [-0.39, 0.29) is 6.04 Å². The van der Waals surface area contributed by atoms with Crippen LogP contribution < -0.4 is 11.5 Å². The molecule has 4 N–H and O–H groups in total. The van der Waals surface area contributed by atoms with Gasteiger partial charge in [0, 0.05) is 11.1 Å². The fraction of sp³-hybridized carbons (Fsp3) is 0.556. The van der Waals surface area contributed by atoms with E-state index in [4.69, 9.17) is 23.1 Å². The summed E-state index contributed by atoms with van der Waals surface area (Å²) in [4.78, 5) is 0. The van der Waals surface area contributed by atoms with Crippen molar-refractivity contribution in [1.82, 2.24) is 0 Å². The van der Waals surface area contributed by atoms with Crippen LogP contribution in [0.1, 0.15) is 26.7 Å². The van der Waals surface area contributed by atoms with Crippen LogP contribution in [0, 0.1) is 0 Å². The molecule has 0 aromatic carbocycles. The Labute approximate surface area is 79.3 Å². The van der Waals surface area contributed by atoms with Crippen LogP contribution in [0.3, 0.4) is 0 Å². The van der Waals surface area contributed by atoms with Crippen molar-refractivity contribution in [3.63, 3.8) is 0 Å². The summed E-state index contributed by atoms with van der Waals surface area (Å²) in [6.45, 7) is 3.99. The van der Waals surface area contributed by atoms with Gasteiger partial charge in [-0.25, -0.2) is 0 Å². The van der Waals surface area contributed by atoms with E-state index in [1.165, 1.54) is 6.20 Å². The molecule has 0 amide bonds. The van der Waals surface area contributed by atoms with Crippen LogP contribution in [0.25, 0.3) is 0 Å². The first-order valence-electron chi connectivity index (χ1n) is 4.13. The monoisotopic (exact) mass is 188 g/mol. The first kappa shape index (κ1) is 11.5. The van der Waals surface area contributed by atoms with Crippen LogP contribution in [-0.4, -0.2) is 6.04 Å². The Bertz CT molecular complexity index is 185. The van der Waals surface area contributed by atoms with Crippen LogP contribution in [0.2, 0.25) is 0 Å². The van der Waals surface area contributed by atoms with E-state index in [9.17, 15) is 0 Å². The lowest BCUT2D eigenvalue weighted by molar-refractivity contribution is 0.692. The largest absolute Gasteiger partial charge is 0.405 e. The van der Waals surface area contributed by atoms with E-state index in [0.717, 1.165) is 18.4 Å². The maximum Gasteiger partial charge on any atom is 0.0406 e. The predicted octanol–water partition coefficient (Wildman–Crippen LogP) is 2.10. The number of allylic oxidation sites excluding steroid dienone is 2. The molecule has 0 fully saturated rings. The summed E-state index contributed by atoms with van der Waals surface area (Å²) in [7, 11) is 0. The molecule has 0 aliphatic rings. The highest BCUT2D eigenvalue weighted by Crippen LogP contribution is 2.16. The molecule has 0 rings (SSSR count). The summed E-state index contributed by atoms with van der Waals surface area (Å²) < 4.78 is 0. The molecular formula is C9H17ClN2. The Kier molecular flexibility index (Phi) is 5.85. The van der Waals surface area contributed by atoms with Crippen LogP contribution in [0.5, 0.6) is 0 Å². The smallest absolute Gasteiger partial charge is 0.0406 e. The topological polar surface area (TPSA) is 52.0 Å². The first-order valence-corrected chi connectivity index (χ1v) is 4.51. The molecule has 0 heterocycles. The summed E-state index contributed by atoms with van der Waals surface area (Å²) in [5.74, 6) is 0. The molecule has 1 unspecified atom stereocenters. The van der Waals surface area contributed by atoms with Crippen LogP contribution >= 0.6 is 11.6 Å². The molecule has 3 heteroatoms. The van der Waals surface area contributed by atoms with E-state index >= 15 is 0 Å². The van der Waals surface area contributed by atoms with Crippen molar-refractivity contribution >= 4 is 11.6 Å². The molecule has 70 valence electrons. The lowest BCUT2D eigenvalue weighted by atomic mass is 10.1. The molecule has 0 bridgehead atoms. The highest BCUT2D eigenvalue weighted by atomic mass is 35.5. The zero-order chi connectivity index (χ0) is 9.56. The quantitative estimate of drug-likeness (QED) is 0.664. The third-order valence-corrected chi connectivity index (χ3v) is 2.23. The maximum atomic E-state index is 5.99. The summed E-state index contributed by atoms with van der Waals surface area (Å²) >= 11 is 5.99. The summed E-state index contributed by atoms with van der Waals surface area (Å²) in [5, 5.41) is 0.707. The zero-order valence-electron chi connectivity index (χ0n) is 7.68. The second-order valence-electron chi connectivity index (χ2n) is 2.79. The van der Waals surface area contributed by atoms with Crippen molar-refractivity contribution in [2.24, 2.45) is 11.5 Å². The fourth-order valence-electron chi connectivity index (χ4n) is 0.954. The van der Waals surface area contributed by atoms with Gasteiger partial charge in [-0.05, 0) is 31.2 Å². The lowest BCUT2D eigenvalue weighted by Gasteiger charge is -2.10. The molecule has 0 saturated heterocycles. The van der Waals surface area contributed by atoms with Gasteiger partial charge in [-0.15, -0.1) is 0 Å². The van der Waals surface area contributed by atoms with Crippen molar-refractivity contribution in [2.75, 3.05) is 0 Å². The van der Waals surface area contributed by atoms with Gasteiger partial charge in [-0.1, -0.05) is 24.9 Å². The average Bonchev–Trinajstić information content (AvgIpc) is 2.04. The highest BCUT2D eigenvalue weighted by Gasteiger charge is 2.06. The maximum absolute atomic E-state index is 5.99. The minimum atomic E-state index is -0.0483. The Morgan fingerprint density at radius 3 is 2.58 bits per heavy atom. The van der Waals surface area contributed by atoms with Crippen molar-refractivity contribution in [2.45, 2.75) is 32.7 Å².